The highest BCUT2D eigenvalue weighted by molar-refractivity contribution is 6.35. The molecule has 0 atom stereocenters. The highest BCUT2D eigenvalue weighted by atomic mass is 35.5. The molecule has 1 saturated heterocycles. The van der Waals surface area contributed by atoms with E-state index in [0.29, 0.717) is 27.0 Å². The van der Waals surface area contributed by atoms with Crippen LogP contribution in [0.1, 0.15) is 29.6 Å². The number of ether oxygens (including phenoxy) is 1. The summed E-state index contributed by atoms with van der Waals surface area (Å²) in [4.78, 5) is 26.2. The van der Waals surface area contributed by atoms with Crippen LogP contribution in [0.4, 0.5) is 11.4 Å². The molecular weight excluding hydrogens is 401 g/mol. The Bertz CT molecular complexity index is 883. The number of benzene rings is 2. The zero-order valence-electron chi connectivity index (χ0n) is 15.2. The first-order valence-electron chi connectivity index (χ1n) is 9.00. The molecule has 0 unspecified atom stereocenters. The van der Waals surface area contributed by atoms with Crippen LogP contribution in [0.25, 0.3) is 0 Å². The summed E-state index contributed by atoms with van der Waals surface area (Å²) in [6, 6.07) is 9.86. The van der Waals surface area contributed by atoms with Crippen molar-refractivity contribution in [1.82, 2.24) is 0 Å². The molecule has 0 saturated carbocycles. The predicted octanol–water partition coefficient (Wildman–Crippen LogP) is 4.10. The SMILES string of the molecule is NC(=O)c1ccc(N2CCCCC2)c(NC(=O)COc2ccc(Cl)cc2Cl)c1. The lowest BCUT2D eigenvalue weighted by molar-refractivity contribution is -0.118. The van der Waals surface area contributed by atoms with E-state index in [1.807, 2.05) is 6.07 Å². The van der Waals surface area contributed by atoms with Gasteiger partial charge >= 0.3 is 0 Å². The fraction of sp³-hybridized carbons (Fsp3) is 0.300. The molecular formula is C20H21Cl2N3O3. The number of carbonyl (C=O) groups excluding carboxylic acids is 2. The molecule has 3 rings (SSSR count). The van der Waals surface area contributed by atoms with Crippen molar-refractivity contribution in [1.29, 1.82) is 0 Å². The summed E-state index contributed by atoms with van der Waals surface area (Å²) in [6.07, 6.45) is 3.36. The van der Waals surface area contributed by atoms with Gasteiger partial charge in [0.25, 0.3) is 5.91 Å². The highest BCUT2D eigenvalue weighted by Gasteiger charge is 2.18. The third-order valence-corrected chi connectivity index (χ3v) is 5.04. The second kappa shape index (κ2) is 9.17. The summed E-state index contributed by atoms with van der Waals surface area (Å²) in [5.41, 5.74) is 7.12. The quantitative estimate of drug-likeness (QED) is 0.734. The zero-order chi connectivity index (χ0) is 20.1. The molecule has 0 aromatic heterocycles. The van der Waals surface area contributed by atoms with E-state index in [2.05, 4.69) is 10.2 Å². The van der Waals surface area contributed by atoms with Gasteiger partial charge in [-0.1, -0.05) is 23.2 Å². The van der Waals surface area contributed by atoms with Crippen LogP contribution in [-0.4, -0.2) is 31.5 Å². The minimum Gasteiger partial charge on any atom is -0.482 e. The molecule has 2 amide bonds. The van der Waals surface area contributed by atoms with Crippen molar-refractivity contribution in [3.05, 3.63) is 52.0 Å². The lowest BCUT2D eigenvalue weighted by atomic mass is 10.1. The Morgan fingerprint density at radius 2 is 1.82 bits per heavy atom. The normalized spacial score (nSPS) is 13.9. The standard InChI is InChI=1S/C20H21Cl2N3O3/c21-14-5-7-18(15(22)11-14)28-12-19(26)24-16-10-13(20(23)27)4-6-17(16)25-8-2-1-3-9-25/h4-7,10-11H,1-3,8-9,12H2,(H2,23,27)(H,24,26). The van der Waals surface area contributed by atoms with Gasteiger partial charge in [0.2, 0.25) is 5.91 Å². The summed E-state index contributed by atoms with van der Waals surface area (Å²) < 4.78 is 5.48. The van der Waals surface area contributed by atoms with Crippen LogP contribution < -0.4 is 20.7 Å². The molecule has 0 spiro atoms. The van der Waals surface area contributed by atoms with E-state index >= 15 is 0 Å². The third kappa shape index (κ3) is 5.09. The monoisotopic (exact) mass is 421 g/mol. The summed E-state index contributed by atoms with van der Waals surface area (Å²) in [7, 11) is 0. The zero-order valence-corrected chi connectivity index (χ0v) is 16.7. The van der Waals surface area contributed by atoms with Crippen LogP contribution in [0.2, 0.25) is 10.0 Å². The minimum absolute atomic E-state index is 0.235. The predicted molar refractivity (Wildman–Crippen MR) is 112 cm³/mol. The number of nitrogens with one attached hydrogen (secondary N) is 1. The van der Waals surface area contributed by atoms with E-state index in [1.54, 1.807) is 30.3 Å². The maximum atomic E-state index is 12.4. The number of nitrogens with zero attached hydrogens (tertiary/aromatic N) is 1. The summed E-state index contributed by atoms with van der Waals surface area (Å²) >= 11 is 11.9. The van der Waals surface area contributed by atoms with Gasteiger partial charge in [0.1, 0.15) is 5.75 Å². The number of primary amides is 1. The van der Waals surface area contributed by atoms with Gasteiger partial charge in [-0.3, -0.25) is 9.59 Å². The molecule has 28 heavy (non-hydrogen) atoms. The van der Waals surface area contributed by atoms with Gasteiger partial charge in [-0.25, -0.2) is 0 Å². The van der Waals surface area contributed by atoms with Crippen LogP contribution in [0, 0.1) is 0 Å². The van der Waals surface area contributed by atoms with Crippen molar-refractivity contribution in [2.24, 2.45) is 5.73 Å². The number of nitrogens with two attached hydrogens (primary N) is 1. The summed E-state index contributed by atoms with van der Waals surface area (Å²) in [5, 5.41) is 3.63. The number of hydrogen-bond acceptors (Lipinski definition) is 4. The Labute approximate surface area is 173 Å². The van der Waals surface area contributed by atoms with E-state index in [0.717, 1.165) is 31.6 Å². The average Bonchev–Trinajstić information content (AvgIpc) is 2.68. The number of anilines is 2. The van der Waals surface area contributed by atoms with Crippen molar-refractivity contribution in [3.8, 4) is 5.75 Å². The van der Waals surface area contributed by atoms with Crippen molar-refractivity contribution in [2.45, 2.75) is 19.3 Å². The molecule has 6 nitrogen and oxygen atoms in total. The van der Waals surface area contributed by atoms with Crippen molar-refractivity contribution in [3.63, 3.8) is 0 Å². The van der Waals surface area contributed by atoms with Gasteiger partial charge in [0.05, 0.1) is 16.4 Å². The molecule has 1 aliphatic heterocycles. The van der Waals surface area contributed by atoms with Crippen LogP contribution >= 0.6 is 23.2 Å². The molecule has 0 radical (unpaired) electrons. The number of rotatable bonds is 6. The van der Waals surface area contributed by atoms with Gasteiger partial charge in [-0.05, 0) is 55.7 Å². The van der Waals surface area contributed by atoms with E-state index in [-0.39, 0.29) is 12.5 Å². The fourth-order valence-electron chi connectivity index (χ4n) is 3.12. The maximum Gasteiger partial charge on any atom is 0.262 e. The van der Waals surface area contributed by atoms with Gasteiger partial charge in [-0.2, -0.15) is 0 Å². The second-order valence-electron chi connectivity index (χ2n) is 6.56. The Kier molecular flexibility index (Phi) is 6.65. The third-order valence-electron chi connectivity index (χ3n) is 4.50. The first kappa shape index (κ1) is 20.3. The van der Waals surface area contributed by atoms with E-state index in [9.17, 15) is 9.59 Å². The fourth-order valence-corrected chi connectivity index (χ4v) is 3.58. The lowest BCUT2D eigenvalue weighted by Crippen LogP contribution is -2.31. The Balaban J connectivity index is 1.74. The molecule has 8 heteroatoms. The molecule has 148 valence electrons. The van der Waals surface area contributed by atoms with Gasteiger partial charge in [0.15, 0.2) is 6.61 Å². The summed E-state index contributed by atoms with van der Waals surface area (Å²) in [6.45, 7) is 1.56. The number of carbonyl (C=O) groups is 2. The van der Waals surface area contributed by atoms with E-state index in [4.69, 9.17) is 33.7 Å². The molecule has 0 aliphatic carbocycles. The minimum atomic E-state index is -0.551. The maximum absolute atomic E-state index is 12.4. The summed E-state index contributed by atoms with van der Waals surface area (Å²) in [5.74, 6) is -0.556. The van der Waals surface area contributed by atoms with E-state index in [1.165, 1.54) is 6.42 Å². The van der Waals surface area contributed by atoms with E-state index < -0.39 is 5.91 Å². The van der Waals surface area contributed by atoms with Crippen LogP contribution in [0.5, 0.6) is 5.75 Å². The first-order valence-corrected chi connectivity index (χ1v) is 9.76. The molecule has 0 bridgehead atoms. The highest BCUT2D eigenvalue weighted by Crippen LogP contribution is 2.30. The molecule has 2 aromatic rings. The Hall–Kier alpha value is -2.44. The number of halogens is 2. The largest absolute Gasteiger partial charge is 0.482 e. The van der Waals surface area contributed by atoms with Crippen LogP contribution in [0.3, 0.4) is 0 Å². The first-order chi connectivity index (χ1) is 13.4. The van der Waals surface area contributed by atoms with Crippen LogP contribution in [0.15, 0.2) is 36.4 Å². The van der Waals surface area contributed by atoms with Crippen molar-refractivity contribution < 1.29 is 14.3 Å². The van der Waals surface area contributed by atoms with Crippen LogP contribution in [-0.2, 0) is 4.79 Å². The average molecular weight is 422 g/mol. The number of piperidine rings is 1. The number of amides is 2. The smallest absolute Gasteiger partial charge is 0.262 e. The van der Waals surface area contributed by atoms with Crippen molar-refractivity contribution in [2.75, 3.05) is 29.9 Å². The van der Waals surface area contributed by atoms with Crippen molar-refractivity contribution >= 4 is 46.4 Å². The molecule has 1 aliphatic rings. The number of hydrogen-bond donors (Lipinski definition) is 2. The Morgan fingerprint density at radius 1 is 1.07 bits per heavy atom. The molecule has 2 aromatic carbocycles. The lowest BCUT2D eigenvalue weighted by Gasteiger charge is -2.30. The Morgan fingerprint density at radius 3 is 2.50 bits per heavy atom. The molecule has 1 heterocycles. The van der Waals surface area contributed by atoms with Gasteiger partial charge < -0.3 is 20.7 Å². The van der Waals surface area contributed by atoms with Gasteiger partial charge in [0, 0.05) is 23.7 Å². The second-order valence-corrected chi connectivity index (χ2v) is 7.40. The van der Waals surface area contributed by atoms with Gasteiger partial charge in [-0.15, -0.1) is 0 Å². The molecule has 1 fully saturated rings. The molecule has 3 N–H and O–H groups in total. The topological polar surface area (TPSA) is 84.7 Å².